The summed E-state index contributed by atoms with van der Waals surface area (Å²) >= 11 is 0. The van der Waals surface area contributed by atoms with E-state index in [1.165, 1.54) is 0 Å². The first kappa shape index (κ1) is 24.0. The standard InChI is InChI=1S/C25H37N3O5/c1-5-12-26-13-8-10-24(4)18(21(26)30)19-22(31)28(14-6-7-16-29)20-23(32)27(17(2)3)15-9-11-25(19,20)33-24/h8-11,17-20,29H,5-7,12-16H2,1-4H3/t18-,19-,20?,24+,25-/m0/s1. The SMILES string of the molecule is CCCN1CC=C[C@@]2(C)O[C@]34C=CCN(C(C)C)C(=O)C3N(CCCCO)C(=O)[C@@H]4[C@H]2C1=O. The molecule has 3 amide bonds. The van der Waals surface area contributed by atoms with Crippen molar-refractivity contribution in [1.82, 2.24) is 14.7 Å². The van der Waals surface area contributed by atoms with E-state index in [4.69, 9.17) is 4.74 Å². The van der Waals surface area contributed by atoms with Gasteiger partial charge in [-0.2, -0.15) is 0 Å². The molecule has 33 heavy (non-hydrogen) atoms. The van der Waals surface area contributed by atoms with Crippen molar-refractivity contribution >= 4 is 17.7 Å². The van der Waals surface area contributed by atoms with Crippen LogP contribution in [0.5, 0.6) is 0 Å². The third-order valence-electron chi connectivity index (χ3n) is 7.60. The highest BCUT2D eigenvalue weighted by molar-refractivity contribution is 6.00. The van der Waals surface area contributed by atoms with Crippen LogP contribution in [0.15, 0.2) is 24.3 Å². The van der Waals surface area contributed by atoms with Crippen LogP contribution in [0.2, 0.25) is 0 Å². The van der Waals surface area contributed by atoms with Gasteiger partial charge in [0, 0.05) is 38.8 Å². The highest BCUT2D eigenvalue weighted by Crippen LogP contribution is 2.57. The summed E-state index contributed by atoms with van der Waals surface area (Å²) in [6.07, 6.45) is 9.62. The van der Waals surface area contributed by atoms with E-state index in [1.54, 1.807) is 14.7 Å². The normalized spacial score (nSPS) is 35.8. The molecule has 0 aromatic carbocycles. The molecule has 0 bridgehead atoms. The zero-order valence-electron chi connectivity index (χ0n) is 20.2. The first-order chi connectivity index (χ1) is 15.7. The van der Waals surface area contributed by atoms with E-state index in [-0.39, 0.29) is 30.4 Å². The highest BCUT2D eigenvalue weighted by Gasteiger charge is 2.74. The van der Waals surface area contributed by atoms with Crippen LogP contribution in [-0.4, -0.2) is 93.6 Å². The fraction of sp³-hybridized carbons (Fsp3) is 0.720. The van der Waals surface area contributed by atoms with Crippen LogP contribution >= 0.6 is 0 Å². The van der Waals surface area contributed by atoms with Gasteiger partial charge in [-0.05, 0) is 40.0 Å². The minimum absolute atomic E-state index is 0.0275. The summed E-state index contributed by atoms with van der Waals surface area (Å²) in [4.78, 5) is 46.8. The molecule has 4 aliphatic rings. The van der Waals surface area contributed by atoms with Gasteiger partial charge in [-0.3, -0.25) is 14.4 Å². The molecule has 0 aromatic rings. The molecule has 1 N–H and O–H groups in total. The minimum Gasteiger partial charge on any atom is -0.396 e. The number of amides is 3. The van der Waals surface area contributed by atoms with E-state index in [1.807, 2.05) is 52.0 Å². The monoisotopic (exact) mass is 459 g/mol. The van der Waals surface area contributed by atoms with E-state index < -0.39 is 29.1 Å². The fourth-order valence-electron chi connectivity index (χ4n) is 6.16. The molecule has 8 nitrogen and oxygen atoms in total. The van der Waals surface area contributed by atoms with E-state index in [0.29, 0.717) is 39.0 Å². The summed E-state index contributed by atoms with van der Waals surface area (Å²) in [5.74, 6) is -1.87. The molecule has 0 radical (unpaired) electrons. The van der Waals surface area contributed by atoms with E-state index in [2.05, 4.69) is 0 Å². The highest BCUT2D eigenvalue weighted by atomic mass is 16.5. The fourth-order valence-corrected chi connectivity index (χ4v) is 6.16. The summed E-state index contributed by atoms with van der Waals surface area (Å²) < 4.78 is 6.75. The van der Waals surface area contributed by atoms with Gasteiger partial charge in [0.05, 0.1) is 17.4 Å². The summed E-state index contributed by atoms with van der Waals surface area (Å²) in [6.45, 7) is 9.75. The Morgan fingerprint density at radius 1 is 1.03 bits per heavy atom. The lowest BCUT2D eigenvalue weighted by Crippen LogP contribution is -2.57. The molecular weight excluding hydrogens is 422 g/mol. The van der Waals surface area contributed by atoms with Crippen LogP contribution < -0.4 is 0 Å². The molecule has 2 saturated heterocycles. The van der Waals surface area contributed by atoms with E-state index in [9.17, 15) is 19.5 Å². The van der Waals surface area contributed by atoms with Crippen LogP contribution in [0.4, 0.5) is 0 Å². The lowest BCUT2D eigenvalue weighted by molar-refractivity contribution is -0.153. The smallest absolute Gasteiger partial charge is 0.249 e. The third-order valence-corrected chi connectivity index (χ3v) is 7.60. The molecule has 182 valence electrons. The Morgan fingerprint density at radius 3 is 2.42 bits per heavy atom. The van der Waals surface area contributed by atoms with E-state index >= 15 is 0 Å². The number of ether oxygens (including phenoxy) is 1. The second kappa shape index (κ2) is 8.87. The number of rotatable bonds is 7. The van der Waals surface area contributed by atoms with Crippen molar-refractivity contribution in [3.63, 3.8) is 0 Å². The van der Waals surface area contributed by atoms with Gasteiger partial charge < -0.3 is 24.5 Å². The average molecular weight is 460 g/mol. The quantitative estimate of drug-likeness (QED) is 0.458. The minimum atomic E-state index is -1.19. The molecule has 0 saturated carbocycles. The Hall–Kier alpha value is -2.19. The van der Waals surface area contributed by atoms with Crippen LogP contribution in [0, 0.1) is 11.8 Å². The van der Waals surface area contributed by atoms with Gasteiger partial charge in [-0.15, -0.1) is 0 Å². The van der Waals surface area contributed by atoms with Crippen molar-refractivity contribution in [2.75, 3.05) is 32.8 Å². The zero-order valence-corrected chi connectivity index (χ0v) is 20.2. The summed E-state index contributed by atoms with van der Waals surface area (Å²) in [7, 11) is 0. The predicted octanol–water partition coefficient (Wildman–Crippen LogP) is 1.35. The summed E-state index contributed by atoms with van der Waals surface area (Å²) in [6, 6.07) is -0.853. The molecule has 1 spiro atoms. The molecule has 4 rings (SSSR count). The Bertz CT molecular complexity index is 870. The molecule has 8 heteroatoms. The topological polar surface area (TPSA) is 90.4 Å². The first-order valence-corrected chi connectivity index (χ1v) is 12.3. The van der Waals surface area contributed by atoms with Gasteiger partial charge in [0.15, 0.2) is 0 Å². The van der Waals surface area contributed by atoms with Crippen LogP contribution in [-0.2, 0) is 19.1 Å². The Balaban J connectivity index is 1.82. The molecule has 2 fully saturated rings. The van der Waals surface area contributed by atoms with Crippen molar-refractivity contribution < 1.29 is 24.2 Å². The van der Waals surface area contributed by atoms with Crippen LogP contribution in [0.3, 0.4) is 0 Å². The Labute approximate surface area is 196 Å². The Morgan fingerprint density at radius 2 is 1.76 bits per heavy atom. The van der Waals surface area contributed by atoms with Crippen LogP contribution in [0.1, 0.15) is 47.0 Å². The van der Waals surface area contributed by atoms with Crippen molar-refractivity contribution in [3.05, 3.63) is 24.3 Å². The number of hydrogen-bond acceptors (Lipinski definition) is 5. The number of aliphatic hydroxyl groups excluding tert-OH is 1. The van der Waals surface area contributed by atoms with Gasteiger partial charge in [-0.25, -0.2) is 0 Å². The first-order valence-electron chi connectivity index (χ1n) is 12.3. The number of carbonyl (C=O) groups excluding carboxylic acids is 3. The maximum absolute atomic E-state index is 14.0. The lowest BCUT2D eigenvalue weighted by Gasteiger charge is -2.38. The van der Waals surface area contributed by atoms with Crippen molar-refractivity contribution in [1.29, 1.82) is 0 Å². The van der Waals surface area contributed by atoms with Crippen molar-refractivity contribution in [3.8, 4) is 0 Å². The van der Waals surface area contributed by atoms with Gasteiger partial charge in [-0.1, -0.05) is 31.2 Å². The number of unbranched alkanes of at least 4 members (excludes halogenated alkanes) is 1. The molecule has 1 unspecified atom stereocenters. The molecule has 0 aliphatic carbocycles. The van der Waals surface area contributed by atoms with Crippen LogP contribution in [0.25, 0.3) is 0 Å². The largest absolute Gasteiger partial charge is 0.396 e. The van der Waals surface area contributed by atoms with Gasteiger partial charge in [0.1, 0.15) is 11.6 Å². The molecule has 4 heterocycles. The number of aliphatic hydroxyl groups is 1. The average Bonchev–Trinajstić information content (AvgIpc) is 3.02. The number of likely N-dealkylation sites (tertiary alicyclic amines) is 1. The number of fused-ring (bicyclic) bond motifs is 2. The number of nitrogens with zero attached hydrogens (tertiary/aromatic N) is 3. The lowest BCUT2D eigenvalue weighted by atomic mass is 9.74. The molecular formula is C25H37N3O5. The van der Waals surface area contributed by atoms with Crippen molar-refractivity contribution in [2.45, 2.75) is 70.2 Å². The van der Waals surface area contributed by atoms with Gasteiger partial charge in [0.25, 0.3) is 0 Å². The number of carbonyl (C=O) groups is 3. The second-order valence-electron chi connectivity index (χ2n) is 10.1. The van der Waals surface area contributed by atoms with Gasteiger partial charge >= 0.3 is 0 Å². The van der Waals surface area contributed by atoms with Crippen molar-refractivity contribution in [2.24, 2.45) is 11.8 Å². The third kappa shape index (κ3) is 3.62. The number of hydrogen-bond donors (Lipinski definition) is 1. The predicted molar refractivity (Wildman–Crippen MR) is 123 cm³/mol. The Kier molecular flexibility index (Phi) is 6.44. The summed E-state index contributed by atoms with van der Waals surface area (Å²) in [5, 5.41) is 9.27. The van der Waals surface area contributed by atoms with E-state index in [0.717, 1.165) is 6.42 Å². The zero-order chi connectivity index (χ0) is 24.0. The maximum Gasteiger partial charge on any atom is 0.249 e. The maximum atomic E-state index is 14.0. The molecule has 4 aliphatic heterocycles. The molecule has 0 aromatic heterocycles. The molecule has 5 atom stereocenters. The second-order valence-corrected chi connectivity index (χ2v) is 10.1. The summed E-state index contributed by atoms with van der Waals surface area (Å²) in [5.41, 5.74) is -2.15. The van der Waals surface area contributed by atoms with Gasteiger partial charge in [0.2, 0.25) is 17.7 Å².